The molecular formula is C21H22N4O3. The average molecular weight is 378 g/mol. The Hall–Kier alpha value is -3.48. The Morgan fingerprint density at radius 2 is 1.82 bits per heavy atom. The zero-order valence-corrected chi connectivity index (χ0v) is 16.1. The minimum Gasteiger partial charge on any atom is -0.326 e. The highest BCUT2D eigenvalue weighted by Gasteiger charge is 2.10. The number of amides is 1. The largest absolute Gasteiger partial charge is 0.326 e. The number of aryl methyl sites for hydroxylation is 4. The van der Waals surface area contributed by atoms with Crippen molar-refractivity contribution in [1.29, 1.82) is 0 Å². The Kier molecular flexibility index (Phi) is 5.54. The fourth-order valence-electron chi connectivity index (χ4n) is 3.07. The minimum absolute atomic E-state index is 0.0122. The zero-order chi connectivity index (χ0) is 20.3. The van der Waals surface area contributed by atoms with Crippen molar-refractivity contribution in [3.8, 4) is 5.69 Å². The number of nitro benzene ring substituents is 1. The zero-order valence-electron chi connectivity index (χ0n) is 16.1. The number of nitro groups is 1. The van der Waals surface area contributed by atoms with E-state index < -0.39 is 4.92 Å². The first-order chi connectivity index (χ1) is 13.3. The van der Waals surface area contributed by atoms with E-state index in [0.29, 0.717) is 24.1 Å². The van der Waals surface area contributed by atoms with E-state index in [-0.39, 0.29) is 11.6 Å². The molecule has 0 unspecified atom stereocenters. The van der Waals surface area contributed by atoms with E-state index in [1.54, 1.807) is 13.0 Å². The topological polar surface area (TPSA) is 90.1 Å². The summed E-state index contributed by atoms with van der Waals surface area (Å²) in [5, 5.41) is 18.1. The summed E-state index contributed by atoms with van der Waals surface area (Å²) < 4.78 is 1.89. The van der Waals surface area contributed by atoms with Crippen molar-refractivity contribution in [2.45, 2.75) is 33.6 Å². The van der Waals surface area contributed by atoms with Crippen LogP contribution in [0.1, 0.15) is 28.9 Å². The summed E-state index contributed by atoms with van der Waals surface area (Å²) in [4.78, 5) is 22.6. The van der Waals surface area contributed by atoms with Gasteiger partial charge in [-0.3, -0.25) is 14.9 Å². The second-order valence-corrected chi connectivity index (χ2v) is 6.81. The van der Waals surface area contributed by atoms with Gasteiger partial charge in [0.2, 0.25) is 5.91 Å². The van der Waals surface area contributed by atoms with E-state index in [4.69, 9.17) is 0 Å². The molecule has 0 saturated heterocycles. The Balaban J connectivity index is 1.59. The summed E-state index contributed by atoms with van der Waals surface area (Å²) >= 11 is 0. The average Bonchev–Trinajstić information content (AvgIpc) is 3.00. The van der Waals surface area contributed by atoms with Crippen molar-refractivity contribution >= 4 is 17.3 Å². The van der Waals surface area contributed by atoms with Gasteiger partial charge in [-0.05, 0) is 62.6 Å². The summed E-state index contributed by atoms with van der Waals surface area (Å²) in [5.74, 6) is -0.125. The summed E-state index contributed by atoms with van der Waals surface area (Å²) in [6.07, 6.45) is 0.935. The molecule has 0 fully saturated rings. The quantitative estimate of drug-likeness (QED) is 0.512. The van der Waals surface area contributed by atoms with Gasteiger partial charge in [0.25, 0.3) is 5.69 Å². The van der Waals surface area contributed by atoms with Crippen molar-refractivity contribution in [1.82, 2.24) is 9.78 Å². The molecular weight excluding hydrogens is 356 g/mol. The molecule has 7 heteroatoms. The second-order valence-electron chi connectivity index (χ2n) is 6.81. The number of nitrogens with one attached hydrogen (secondary N) is 1. The normalized spacial score (nSPS) is 10.7. The molecule has 28 heavy (non-hydrogen) atoms. The predicted molar refractivity (Wildman–Crippen MR) is 108 cm³/mol. The lowest BCUT2D eigenvalue weighted by Gasteiger charge is -2.09. The van der Waals surface area contributed by atoms with Crippen LogP contribution in [-0.4, -0.2) is 20.6 Å². The Labute approximate surface area is 163 Å². The number of carbonyl (C=O) groups is 1. The lowest BCUT2D eigenvalue weighted by atomic mass is 10.1. The first-order valence-electron chi connectivity index (χ1n) is 9.01. The summed E-state index contributed by atoms with van der Waals surface area (Å²) in [7, 11) is 0. The summed E-state index contributed by atoms with van der Waals surface area (Å²) in [6.45, 7) is 5.71. The van der Waals surface area contributed by atoms with Gasteiger partial charge >= 0.3 is 0 Å². The van der Waals surface area contributed by atoms with E-state index in [1.807, 2.05) is 48.9 Å². The molecule has 1 aromatic heterocycles. The van der Waals surface area contributed by atoms with Gasteiger partial charge in [0, 0.05) is 29.9 Å². The van der Waals surface area contributed by atoms with Crippen LogP contribution in [0.4, 0.5) is 11.4 Å². The van der Waals surface area contributed by atoms with E-state index in [1.165, 1.54) is 12.1 Å². The highest BCUT2D eigenvalue weighted by molar-refractivity contribution is 5.91. The number of hydrogen-bond donors (Lipinski definition) is 1. The van der Waals surface area contributed by atoms with Crippen molar-refractivity contribution in [2.75, 3.05) is 5.32 Å². The maximum atomic E-state index is 12.2. The fraction of sp³-hybridized carbons (Fsp3) is 0.238. The molecule has 2 aromatic carbocycles. The number of benzene rings is 2. The third kappa shape index (κ3) is 4.43. The highest BCUT2D eigenvalue weighted by Crippen LogP contribution is 2.21. The van der Waals surface area contributed by atoms with Crippen LogP contribution in [0.25, 0.3) is 5.69 Å². The fourth-order valence-corrected chi connectivity index (χ4v) is 3.07. The van der Waals surface area contributed by atoms with Crippen LogP contribution in [0, 0.1) is 30.9 Å². The number of anilines is 1. The summed E-state index contributed by atoms with van der Waals surface area (Å²) in [6, 6.07) is 14.4. The van der Waals surface area contributed by atoms with Crippen molar-refractivity contribution in [3.63, 3.8) is 0 Å². The molecule has 7 nitrogen and oxygen atoms in total. The van der Waals surface area contributed by atoms with Crippen molar-refractivity contribution < 1.29 is 9.72 Å². The van der Waals surface area contributed by atoms with Gasteiger partial charge in [0.15, 0.2) is 0 Å². The van der Waals surface area contributed by atoms with E-state index in [9.17, 15) is 14.9 Å². The summed E-state index contributed by atoms with van der Waals surface area (Å²) in [5.41, 5.74) is 5.36. The van der Waals surface area contributed by atoms with Crippen LogP contribution in [0.15, 0.2) is 48.5 Å². The third-order valence-corrected chi connectivity index (χ3v) is 4.53. The molecule has 0 radical (unpaired) electrons. The monoisotopic (exact) mass is 378 g/mol. The highest BCUT2D eigenvalue weighted by atomic mass is 16.6. The van der Waals surface area contributed by atoms with Gasteiger partial charge < -0.3 is 5.32 Å². The maximum absolute atomic E-state index is 12.2. The molecule has 0 atom stereocenters. The standard InChI is InChI=1S/C21H22N4O3/c1-14-12-19(25(27)28)9-10-20(14)22-21(26)11-6-17-4-7-18(8-5-17)24-16(3)13-15(2)23-24/h4-5,7-10,12-13H,6,11H2,1-3H3,(H,22,26). The van der Waals surface area contributed by atoms with Gasteiger partial charge in [-0.1, -0.05) is 12.1 Å². The van der Waals surface area contributed by atoms with Gasteiger partial charge in [0.1, 0.15) is 0 Å². The van der Waals surface area contributed by atoms with Crippen molar-refractivity contribution in [2.24, 2.45) is 0 Å². The molecule has 0 spiro atoms. The number of nitrogens with zero attached hydrogens (tertiary/aromatic N) is 3. The predicted octanol–water partition coefficient (Wildman–Crippen LogP) is 4.28. The number of aromatic nitrogens is 2. The van der Waals surface area contributed by atoms with Crippen LogP contribution >= 0.6 is 0 Å². The van der Waals surface area contributed by atoms with Gasteiger partial charge in [-0.25, -0.2) is 4.68 Å². The first-order valence-corrected chi connectivity index (χ1v) is 9.01. The van der Waals surface area contributed by atoms with E-state index in [2.05, 4.69) is 10.4 Å². The molecule has 0 saturated carbocycles. The Morgan fingerprint density at radius 3 is 2.39 bits per heavy atom. The van der Waals surface area contributed by atoms with Crippen LogP contribution < -0.4 is 5.32 Å². The molecule has 3 aromatic rings. The van der Waals surface area contributed by atoms with Crippen LogP contribution in [0.5, 0.6) is 0 Å². The second kappa shape index (κ2) is 8.04. The Morgan fingerprint density at radius 1 is 1.11 bits per heavy atom. The van der Waals surface area contributed by atoms with Crippen LogP contribution in [0.2, 0.25) is 0 Å². The van der Waals surface area contributed by atoms with E-state index in [0.717, 1.165) is 22.6 Å². The molecule has 1 heterocycles. The van der Waals surface area contributed by atoms with Gasteiger partial charge in [-0.2, -0.15) is 5.10 Å². The first kappa shape index (κ1) is 19.3. The SMILES string of the molecule is Cc1cc(C)n(-c2ccc(CCC(=O)Nc3ccc([N+](=O)[O-])cc3C)cc2)n1. The molecule has 1 N–H and O–H groups in total. The minimum atomic E-state index is -0.450. The molecule has 0 bridgehead atoms. The smallest absolute Gasteiger partial charge is 0.269 e. The maximum Gasteiger partial charge on any atom is 0.269 e. The molecule has 0 aliphatic rings. The number of rotatable bonds is 6. The lowest BCUT2D eigenvalue weighted by Crippen LogP contribution is -2.13. The lowest BCUT2D eigenvalue weighted by molar-refractivity contribution is -0.384. The molecule has 1 amide bonds. The number of non-ortho nitro benzene ring substituents is 1. The number of carbonyl (C=O) groups excluding carboxylic acids is 1. The number of hydrogen-bond acceptors (Lipinski definition) is 4. The van der Waals surface area contributed by atoms with Crippen LogP contribution in [0.3, 0.4) is 0 Å². The Bertz CT molecular complexity index is 1020. The van der Waals surface area contributed by atoms with Crippen molar-refractivity contribution in [3.05, 3.63) is 81.2 Å². The molecule has 144 valence electrons. The van der Waals surface area contributed by atoms with Crippen LogP contribution in [-0.2, 0) is 11.2 Å². The van der Waals surface area contributed by atoms with E-state index >= 15 is 0 Å². The third-order valence-electron chi connectivity index (χ3n) is 4.53. The van der Waals surface area contributed by atoms with Gasteiger partial charge in [0.05, 0.1) is 16.3 Å². The molecule has 0 aliphatic heterocycles. The molecule has 3 rings (SSSR count). The van der Waals surface area contributed by atoms with Gasteiger partial charge in [-0.15, -0.1) is 0 Å². The molecule has 0 aliphatic carbocycles.